The van der Waals surface area contributed by atoms with Gasteiger partial charge in [0.1, 0.15) is 0 Å². The maximum Gasteiger partial charge on any atom is 0.191 e. The summed E-state index contributed by atoms with van der Waals surface area (Å²) >= 11 is 0. The molecule has 1 aliphatic heterocycles. The van der Waals surface area contributed by atoms with Crippen LogP contribution in [0.4, 0.5) is 0 Å². The Hall–Kier alpha value is -1.63. The molecule has 140 valence electrons. The second kappa shape index (κ2) is 11.1. The number of nitrogens with zero attached hydrogens (tertiary/aromatic N) is 3. The standard InChI is InChI=1S/C19H33N5O/c1-4-20-19(21-8-9-24-10-12-25-13-11-24)22-15-17-6-5-7-18(14-17)16-23(2)3/h5-7,14H,4,8-13,15-16H2,1-3H3,(H2,20,21,22). The van der Waals surface area contributed by atoms with E-state index in [1.54, 1.807) is 0 Å². The zero-order valence-corrected chi connectivity index (χ0v) is 15.9. The molecule has 0 atom stereocenters. The van der Waals surface area contributed by atoms with Crippen LogP contribution in [0.3, 0.4) is 0 Å². The number of ether oxygens (including phenoxy) is 1. The lowest BCUT2D eigenvalue weighted by molar-refractivity contribution is 0.0389. The van der Waals surface area contributed by atoms with Crippen molar-refractivity contribution in [2.24, 2.45) is 4.99 Å². The first-order valence-electron chi connectivity index (χ1n) is 9.22. The van der Waals surface area contributed by atoms with E-state index in [0.717, 1.165) is 58.4 Å². The first-order chi connectivity index (χ1) is 12.2. The molecular weight excluding hydrogens is 314 g/mol. The molecule has 2 N–H and O–H groups in total. The molecule has 0 aliphatic carbocycles. The minimum absolute atomic E-state index is 0.689. The predicted octanol–water partition coefficient (Wildman–Crippen LogP) is 1.14. The smallest absolute Gasteiger partial charge is 0.191 e. The Balaban J connectivity index is 1.83. The van der Waals surface area contributed by atoms with Gasteiger partial charge in [0.05, 0.1) is 19.8 Å². The average molecular weight is 348 g/mol. The lowest BCUT2D eigenvalue weighted by Gasteiger charge is -2.26. The number of rotatable bonds is 8. The summed E-state index contributed by atoms with van der Waals surface area (Å²) in [5, 5.41) is 6.76. The molecule has 0 saturated carbocycles. The van der Waals surface area contributed by atoms with Crippen LogP contribution in [0.2, 0.25) is 0 Å². The van der Waals surface area contributed by atoms with Crippen molar-refractivity contribution >= 4 is 5.96 Å². The van der Waals surface area contributed by atoms with Gasteiger partial charge < -0.3 is 20.3 Å². The molecule has 2 rings (SSSR count). The van der Waals surface area contributed by atoms with Gasteiger partial charge in [-0.2, -0.15) is 0 Å². The highest BCUT2D eigenvalue weighted by molar-refractivity contribution is 5.79. The molecule has 1 heterocycles. The third-order valence-electron chi connectivity index (χ3n) is 4.08. The van der Waals surface area contributed by atoms with Gasteiger partial charge in [-0.3, -0.25) is 4.90 Å². The van der Waals surface area contributed by atoms with Gasteiger partial charge in [0, 0.05) is 39.3 Å². The van der Waals surface area contributed by atoms with Crippen molar-refractivity contribution in [3.63, 3.8) is 0 Å². The predicted molar refractivity (Wildman–Crippen MR) is 104 cm³/mol. The fraction of sp³-hybridized carbons (Fsp3) is 0.632. The van der Waals surface area contributed by atoms with E-state index < -0.39 is 0 Å². The SMILES string of the molecule is CCNC(=NCc1cccc(CN(C)C)c1)NCCN1CCOCC1. The highest BCUT2D eigenvalue weighted by Gasteiger charge is 2.09. The van der Waals surface area contributed by atoms with E-state index in [-0.39, 0.29) is 0 Å². The van der Waals surface area contributed by atoms with Crippen molar-refractivity contribution in [3.05, 3.63) is 35.4 Å². The van der Waals surface area contributed by atoms with Gasteiger partial charge in [-0.05, 0) is 32.1 Å². The third-order valence-corrected chi connectivity index (χ3v) is 4.08. The molecule has 6 heteroatoms. The lowest BCUT2D eigenvalue weighted by atomic mass is 10.1. The largest absolute Gasteiger partial charge is 0.379 e. The molecule has 25 heavy (non-hydrogen) atoms. The monoisotopic (exact) mass is 347 g/mol. The van der Waals surface area contributed by atoms with Gasteiger partial charge in [-0.15, -0.1) is 0 Å². The minimum Gasteiger partial charge on any atom is -0.379 e. The Morgan fingerprint density at radius 2 is 1.96 bits per heavy atom. The van der Waals surface area contributed by atoms with Crippen molar-refractivity contribution in [2.75, 3.05) is 60.0 Å². The molecule has 0 spiro atoms. The van der Waals surface area contributed by atoms with E-state index in [1.165, 1.54) is 11.1 Å². The normalized spacial score (nSPS) is 16.2. The summed E-state index contributed by atoms with van der Waals surface area (Å²) in [6.07, 6.45) is 0. The molecule has 6 nitrogen and oxygen atoms in total. The first kappa shape index (κ1) is 19.7. The molecule has 1 aliphatic rings. The summed E-state index contributed by atoms with van der Waals surface area (Å²) in [6.45, 7) is 10.3. The van der Waals surface area contributed by atoms with E-state index >= 15 is 0 Å². The molecule has 0 unspecified atom stereocenters. The van der Waals surface area contributed by atoms with Crippen LogP contribution >= 0.6 is 0 Å². The fourth-order valence-corrected chi connectivity index (χ4v) is 2.86. The van der Waals surface area contributed by atoms with Crippen LogP contribution in [0, 0.1) is 0 Å². The summed E-state index contributed by atoms with van der Waals surface area (Å²) in [7, 11) is 4.18. The molecule has 1 aromatic carbocycles. The highest BCUT2D eigenvalue weighted by Crippen LogP contribution is 2.08. The molecule has 0 bridgehead atoms. The summed E-state index contributed by atoms with van der Waals surface area (Å²) in [5.74, 6) is 0.883. The molecule has 0 aromatic heterocycles. The van der Waals surface area contributed by atoms with Crippen LogP contribution in [0.5, 0.6) is 0 Å². The first-order valence-corrected chi connectivity index (χ1v) is 9.22. The lowest BCUT2D eigenvalue weighted by Crippen LogP contribution is -2.44. The molecule has 1 fully saturated rings. The molecule has 1 saturated heterocycles. The van der Waals surface area contributed by atoms with Gasteiger partial charge >= 0.3 is 0 Å². The van der Waals surface area contributed by atoms with Crippen molar-refractivity contribution in [3.8, 4) is 0 Å². The fourth-order valence-electron chi connectivity index (χ4n) is 2.86. The summed E-state index contributed by atoms with van der Waals surface area (Å²) in [5.41, 5.74) is 2.56. The Morgan fingerprint density at radius 1 is 1.20 bits per heavy atom. The summed E-state index contributed by atoms with van der Waals surface area (Å²) < 4.78 is 5.39. The number of hydrogen-bond acceptors (Lipinski definition) is 4. The van der Waals surface area contributed by atoms with Gasteiger partial charge in [0.15, 0.2) is 5.96 Å². The third kappa shape index (κ3) is 7.86. The second-order valence-electron chi connectivity index (χ2n) is 6.63. The number of guanidine groups is 1. The van der Waals surface area contributed by atoms with Gasteiger partial charge in [0.2, 0.25) is 0 Å². The number of benzene rings is 1. The average Bonchev–Trinajstić information content (AvgIpc) is 2.60. The van der Waals surface area contributed by atoms with Crippen molar-refractivity contribution < 1.29 is 4.74 Å². The van der Waals surface area contributed by atoms with E-state index in [2.05, 4.69) is 65.7 Å². The Morgan fingerprint density at radius 3 is 2.68 bits per heavy atom. The van der Waals surface area contributed by atoms with E-state index in [0.29, 0.717) is 6.54 Å². The van der Waals surface area contributed by atoms with E-state index in [1.807, 2.05) is 0 Å². The van der Waals surface area contributed by atoms with Crippen LogP contribution in [0.15, 0.2) is 29.3 Å². The van der Waals surface area contributed by atoms with Crippen LogP contribution in [0.25, 0.3) is 0 Å². The van der Waals surface area contributed by atoms with E-state index in [4.69, 9.17) is 9.73 Å². The van der Waals surface area contributed by atoms with Crippen LogP contribution < -0.4 is 10.6 Å². The number of hydrogen-bond donors (Lipinski definition) is 2. The summed E-state index contributed by atoms with van der Waals surface area (Å²) in [6, 6.07) is 8.65. The second-order valence-corrected chi connectivity index (χ2v) is 6.63. The Labute approximate surface area is 152 Å². The van der Waals surface area contributed by atoms with Crippen molar-refractivity contribution in [1.29, 1.82) is 0 Å². The van der Waals surface area contributed by atoms with Crippen molar-refractivity contribution in [1.82, 2.24) is 20.4 Å². The Kier molecular flexibility index (Phi) is 8.72. The van der Waals surface area contributed by atoms with Gasteiger partial charge in [-0.25, -0.2) is 4.99 Å². The van der Waals surface area contributed by atoms with Crippen LogP contribution in [-0.4, -0.2) is 75.8 Å². The maximum absolute atomic E-state index is 5.39. The van der Waals surface area contributed by atoms with Crippen molar-refractivity contribution in [2.45, 2.75) is 20.0 Å². The van der Waals surface area contributed by atoms with Gasteiger partial charge in [0.25, 0.3) is 0 Å². The Bertz CT molecular complexity index is 526. The molecule has 0 amide bonds. The zero-order valence-electron chi connectivity index (χ0n) is 15.9. The number of aliphatic imine (C=N–C) groups is 1. The number of morpholine rings is 1. The number of nitrogens with one attached hydrogen (secondary N) is 2. The highest BCUT2D eigenvalue weighted by atomic mass is 16.5. The molecule has 0 radical (unpaired) electrons. The quantitative estimate of drug-likeness (QED) is 0.545. The zero-order chi connectivity index (χ0) is 17.9. The van der Waals surface area contributed by atoms with Gasteiger partial charge in [-0.1, -0.05) is 24.3 Å². The molecular formula is C19H33N5O. The topological polar surface area (TPSA) is 52.1 Å². The minimum atomic E-state index is 0.689. The maximum atomic E-state index is 5.39. The van der Waals surface area contributed by atoms with E-state index in [9.17, 15) is 0 Å². The van der Waals surface area contributed by atoms with Crippen LogP contribution in [0.1, 0.15) is 18.1 Å². The molecule has 1 aromatic rings. The van der Waals surface area contributed by atoms with Crippen LogP contribution in [-0.2, 0) is 17.8 Å². The summed E-state index contributed by atoms with van der Waals surface area (Å²) in [4.78, 5) is 9.33.